The van der Waals surface area contributed by atoms with Crippen LogP contribution in [0.3, 0.4) is 0 Å². The summed E-state index contributed by atoms with van der Waals surface area (Å²) in [4.78, 5) is 50.2. The van der Waals surface area contributed by atoms with Crippen molar-refractivity contribution in [3.8, 4) is 5.75 Å². The molecule has 0 aromatic heterocycles. The van der Waals surface area contributed by atoms with Crippen molar-refractivity contribution >= 4 is 23.9 Å². The van der Waals surface area contributed by atoms with Crippen molar-refractivity contribution in [1.29, 1.82) is 0 Å². The Morgan fingerprint density at radius 3 is 2.53 bits per heavy atom. The maximum Gasteiger partial charge on any atom is 0.410 e. The minimum Gasteiger partial charge on any atom is -0.496 e. The van der Waals surface area contributed by atoms with E-state index in [4.69, 9.17) is 14.2 Å². The number of carbonyl (C=O) groups excluding carboxylic acids is 4. The van der Waals surface area contributed by atoms with Gasteiger partial charge in [-0.05, 0) is 45.7 Å². The van der Waals surface area contributed by atoms with Crippen molar-refractivity contribution in [3.05, 3.63) is 29.8 Å². The fraction of sp³-hybridized carbons (Fsp3) is 0.524. The number of rotatable bonds is 5. The van der Waals surface area contributed by atoms with E-state index in [1.54, 1.807) is 39.0 Å². The molecule has 1 aliphatic heterocycles. The van der Waals surface area contributed by atoms with Gasteiger partial charge in [-0.2, -0.15) is 0 Å². The summed E-state index contributed by atoms with van der Waals surface area (Å²) in [6, 6.07) is 6.45. The fourth-order valence-electron chi connectivity index (χ4n) is 2.98. The van der Waals surface area contributed by atoms with Gasteiger partial charge < -0.3 is 19.1 Å². The van der Waals surface area contributed by atoms with Crippen LogP contribution in [0.2, 0.25) is 0 Å². The first-order valence-corrected chi connectivity index (χ1v) is 9.72. The summed E-state index contributed by atoms with van der Waals surface area (Å²) in [5, 5.41) is 2.16. The number of carbonyl (C=O) groups is 4. The third-order valence-electron chi connectivity index (χ3n) is 4.36. The highest BCUT2D eigenvalue weighted by Gasteiger charge is 2.32. The number of imide groups is 1. The largest absolute Gasteiger partial charge is 0.496 e. The molecule has 9 heteroatoms. The second-order valence-electron chi connectivity index (χ2n) is 7.95. The number of para-hydroxylation sites is 1. The van der Waals surface area contributed by atoms with E-state index in [0.717, 1.165) is 0 Å². The lowest BCUT2D eigenvalue weighted by molar-refractivity contribution is -0.153. The van der Waals surface area contributed by atoms with Crippen molar-refractivity contribution in [1.82, 2.24) is 10.2 Å². The number of hydrogen-bond donors (Lipinski definition) is 1. The lowest BCUT2D eigenvalue weighted by atomic mass is 9.98. The van der Waals surface area contributed by atoms with Crippen molar-refractivity contribution in [2.24, 2.45) is 5.92 Å². The van der Waals surface area contributed by atoms with Crippen LogP contribution in [0.4, 0.5) is 4.79 Å². The first-order chi connectivity index (χ1) is 14.1. The number of benzene rings is 1. The molecule has 0 unspecified atom stereocenters. The van der Waals surface area contributed by atoms with Crippen LogP contribution < -0.4 is 10.1 Å². The molecule has 0 spiro atoms. The molecule has 2 rings (SSSR count). The Morgan fingerprint density at radius 2 is 1.87 bits per heavy atom. The molecular formula is C21H28N2O7. The van der Waals surface area contributed by atoms with Gasteiger partial charge in [-0.3, -0.25) is 19.7 Å². The third-order valence-corrected chi connectivity index (χ3v) is 4.36. The molecule has 1 heterocycles. The summed E-state index contributed by atoms with van der Waals surface area (Å²) < 4.78 is 15.5. The van der Waals surface area contributed by atoms with Crippen molar-refractivity contribution in [3.63, 3.8) is 0 Å². The van der Waals surface area contributed by atoms with Crippen LogP contribution in [-0.2, 0) is 19.1 Å². The maximum atomic E-state index is 12.3. The molecule has 0 saturated carbocycles. The van der Waals surface area contributed by atoms with Crippen LogP contribution >= 0.6 is 0 Å². The Kier molecular flexibility index (Phi) is 7.79. The number of esters is 1. The highest BCUT2D eigenvalue weighted by Crippen LogP contribution is 2.20. The number of methoxy groups -OCH3 is 1. The number of likely N-dealkylation sites (tertiary alicyclic amines) is 1. The number of piperidine rings is 1. The van der Waals surface area contributed by atoms with Crippen molar-refractivity contribution in [2.45, 2.75) is 39.2 Å². The van der Waals surface area contributed by atoms with Crippen LogP contribution in [0.1, 0.15) is 44.0 Å². The van der Waals surface area contributed by atoms with E-state index < -0.39 is 42.0 Å². The number of nitrogens with one attached hydrogen (secondary N) is 1. The average molecular weight is 420 g/mol. The van der Waals surface area contributed by atoms with E-state index in [1.807, 2.05) is 0 Å². The Balaban J connectivity index is 1.83. The summed E-state index contributed by atoms with van der Waals surface area (Å²) in [6.45, 7) is 5.37. The topological polar surface area (TPSA) is 111 Å². The Bertz CT molecular complexity index is 801. The highest BCUT2D eigenvalue weighted by atomic mass is 16.6. The Morgan fingerprint density at radius 1 is 1.17 bits per heavy atom. The molecule has 1 aromatic rings. The summed E-state index contributed by atoms with van der Waals surface area (Å²) in [7, 11) is 1.42. The van der Waals surface area contributed by atoms with Gasteiger partial charge in [-0.25, -0.2) is 4.79 Å². The van der Waals surface area contributed by atoms with E-state index in [-0.39, 0.29) is 12.1 Å². The number of ether oxygens (including phenoxy) is 3. The molecule has 0 radical (unpaired) electrons. The molecular weight excluding hydrogens is 392 g/mol. The zero-order valence-electron chi connectivity index (χ0n) is 17.7. The Labute approximate surface area is 175 Å². The predicted molar refractivity (Wildman–Crippen MR) is 107 cm³/mol. The van der Waals surface area contributed by atoms with E-state index in [1.165, 1.54) is 18.1 Å². The molecule has 164 valence electrons. The van der Waals surface area contributed by atoms with Crippen LogP contribution in [0, 0.1) is 5.92 Å². The zero-order valence-corrected chi connectivity index (χ0v) is 17.7. The smallest absolute Gasteiger partial charge is 0.410 e. The van der Waals surface area contributed by atoms with E-state index in [0.29, 0.717) is 25.1 Å². The minimum atomic E-state index is -0.751. The van der Waals surface area contributed by atoms with Gasteiger partial charge in [-0.1, -0.05) is 12.1 Å². The summed E-state index contributed by atoms with van der Waals surface area (Å²) >= 11 is 0. The summed E-state index contributed by atoms with van der Waals surface area (Å²) in [5.74, 6) is -2.22. The number of nitrogens with zero attached hydrogens (tertiary/aromatic N) is 1. The van der Waals surface area contributed by atoms with Crippen LogP contribution in [0.15, 0.2) is 24.3 Å². The van der Waals surface area contributed by atoms with E-state index in [2.05, 4.69) is 5.32 Å². The van der Waals surface area contributed by atoms with Crippen molar-refractivity contribution < 1.29 is 33.4 Å². The normalized spacial score (nSPS) is 16.4. The fourth-order valence-corrected chi connectivity index (χ4v) is 2.98. The van der Waals surface area contributed by atoms with Crippen molar-refractivity contribution in [2.75, 3.05) is 26.8 Å². The molecule has 1 aliphatic rings. The molecule has 1 saturated heterocycles. The second kappa shape index (κ2) is 10.1. The Hall–Kier alpha value is -3.10. The standard InChI is InChI=1S/C21H28N2O7/c1-21(2,3)30-20(27)23-11-7-8-14(12-23)19(26)29-13-17(24)22-18(25)15-9-5-6-10-16(15)28-4/h5-6,9-10,14H,7-8,11-13H2,1-4H3,(H,22,24,25)/t14-/m1/s1. The molecule has 30 heavy (non-hydrogen) atoms. The molecule has 1 aromatic carbocycles. The summed E-state index contributed by atoms with van der Waals surface area (Å²) in [5.41, 5.74) is -0.434. The van der Waals surface area contributed by atoms with Gasteiger partial charge in [0.05, 0.1) is 18.6 Å². The van der Waals surface area contributed by atoms with Crippen LogP contribution in [-0.4, -0.2) is 61.2 Å². The lowest BCUT2D eigenvalue weighted by Crippen LogP contribution is -2.45. The highest BCUT2D eigenvalue weighted by molar-refractivity contribution is 6.06. The molecule has 0 aliphatic carbocycles. The number of hydrogen-bond acceptors (Lipinski definition) is 7. The zero-order chi connectivity index (χ0) is 22.3. The lowest BCUT2D eigenvalue weighted by Gasteiger charge is -2.33. The molecule has 0 bridgehead atoms. The minimum absolute atomic E-state index is 0.162. The number of amides is 3. The summed E-state index contributed by atoms with van der Waals surface area (Å²) in [6.07, 6.45) is 0.678. The molecule has 1 N–H and O–H groups in total. The molecule has 1 atom stereocenters. The molecule has 1 fully saturated rings. The van der Waals surface area contributed by atoms with E-state index >= 15 is 0 Å². The van der Waals surface area contributed by atoms with Crippen LogP contribution in [0.25, 0.3) is 0 Å². The van der Waals surface area contributed by atoms with Gasteiger partial charge in [0.2, 0.25) is 0 Å². The van der Waals surface area contributed by atoms with Gasteiger partial charge >= 0.3 is 12.1 Å². The van der Waals surface area contributed by atoms with E-state index in [9.17, 15) is 19.2 Å². The van der Waals surface area contributed by atoms with Gasteiger partial charge in [0.15, 0.2) is 6.61 Å². The van der Waals surface area contributed by atoms with Gasteiger partial charge in [0, 0.05) is 13.1 Å². The first-order valence-electron chi connectivity index (χ1n) is 9.72. The van der Waals surface area contributed by atoms with Crippen LogP contribution in [0.5, 0.6) is 5.75 Å². The molecule has 3 amide bonds. The van der Waals surface area contributed by atoms with Gasteiger partial charge in [-0.15, -0.1) is 0 Å². The monoisotopic (exact) mass is 420 g/mol. The maximum absolute atomic E-state index is 12.3. The second-order valence-corrected chi connectivity index (χ2v) is 7.95. The molecule has 9 nitrogen and oxygen atoms in total. The van der Waals surface area contributed by atoms with Gasteiger partial charge in [0.1, 0.15) is 11.4 Å². The third kappa shape index (κ3) is 6.75. The van der Waals surface area contributed by atoms with Gasteiger partial charge in [0.25, 0.3) is 11.8 Å². The quantitative estimate of drug-likeness (QED) is 0.727. The SMILES string of the molecule is COc1ccccc1C(=O)NC(=O)COC(=O)[C@@H]1CCCN(C(=O)OC(C)(C)C)C1. The predicted octanol–water partition coefficient (Wildman–Crippen LogP) is 2.14. The average Bonchev–Trinajstić information content (AvgIpc) is 2.70. The first kappa shape index (κ1) is 23.2.